The van der Waals surface area contributed by atoms with Crippen LogP contribution in [0.2, 0.25) is 0 Å². The average Bonchev–Trinajstić information content (AvgIpc) is 2.85. The SMILES string of the molecule is Cc1c(C(=O)N2CCC(C(C)N)CC2)oc2c1C(=O)CCC2.Cl. The second-order valence-electron chi connectivity index (χ2n) is 6.62. The molecule has 2 aliphatic rings. The van der Waals surface area contributed by atoms with Crippen LogP contribution < -0.4 is 5.73 Å². The highest BCUT2D eigenvalue weighted by Crippen LogP contribution is 2.31. The molecule has 1 aliphatic carbocycles. The Morgan fingerprint density at radius 2 is 1.96 bits per heavy atom. The number of amides is 1. The monoisotopic (exact) mass is 340 g/mol. The van der Waals surface area contributed by atoms with Crippen molar-refractivity contribution in [1.82, 2.24) is 4.90 Å². The number of nitrogens with zero attached hydrogens (tertiary/aromatic N) is 1. The van der Waals surface area contributed by atoms with Gasteiger partial charge in [0.1, 0.15) is 5.76 Å². The highest BCUT2D eigenvalue weighted by molar-refractivity contribution is 6.03. The van der Waals surface area contributed by atoms with Crippen LogP contribution in [0.25, 0.3) is 0 Å². The summed E-state index contributed by atoms with van der Waals surface area (Å²) >= 11 is 0. The first-order valence-corrected chi connectivity index (χ1v) is 8.19. The number of Topliss-reactive ketones (excluding diaryl/α,β-unsaturated/α-hetero) is 1. The van der Waals surface area contributed by atoms with E-state index >= 15 is 0 Å². The molecule has 0 saturated carbocycles. The molecule has 1 atom stereocenters. The summed E-state index contributed by atoms with van der Waals surface area (Å²) in [7, 11) is 0. The number of piperidine rings is 1. The van der Waals surface area contributed by atoms with Gasteiger partial charge in [-0.05, 0) is 39.0 Å². The molecule has 6 heteroatoms. The fourth-order valence-electron chi connectivity index (χ4n) is 3.62. The fraction of sp³-hybridized carbons (Fsp3) is 0.647. The summed E-state index contributed by atoms with van der Waals surface area (Å²) in [5, 5.41) is 0. The van der Waals surface area contributed by atoms with Crippen LogP contribution in [0.1, 0.15) is 64.8 Å². The molecule has 23 heavy (non-hydrogen) atoms. The summed E-state index contributed by atoms with van der Waals surface area (Å²) in [5.74, 6) is 1.57. The van der Waals surface area contributed by atoms with E-state index in [4.69, 9.17) is 10.2 Å². The van der Waals surface area contributed by atoms with Crippen LogP contribution in [0.4, 0.5) is 0 Å². The first-order chi connectivity index (χ1) is 10.5. The number of nitrogens with two attached hydrogens (primary N) is 1. The molecule has 0 aromatic carbocycles. The molecule has 1 saturated heterocycles. The molecule has 0 spiro atoms. The number of ketones is 1. The van der Waals surface area contributed by atoms with E-state index in [-0.39, 0.29) is 30.1 Å². The maximum atomic E-state index is 12.7. The van der Waals surface area contributed by atoms with Gasteiger partial charge < -0.3 is 15.1 Å². The van der Waals surface area contributed by atoms with Crippen LogP contribution in [0.3, 0.4) is 0 Å². The molecule has 0 bridgehead atoms. The summed E-state index contributed by atoms with van der Waals surface area (Å²) in [4.78, 5) is 26.6. The van der Waals surface area contributed by atoms with Crippen LogP contribution >= 0.6 is 12.4 Å². The van der Waals surface area contributed by atoms with Gasteiger partial charge in [-0.25, -0.2) is 0 Å². The summed E-state index contributed by atoms with van der Waals surface area (Å²) in [5.41, 5.74) is 7.32. The zero-order valence-electron chi connectivity index (χ0n) is 13.8. The van der Waals surface area contributed by atoms with Crippen molar-refractivity contribution in [3.63, 3.8) is 0 Å². The number of fused-ring (bicyclic) bond motifs is 1. The maximum absolute atomic E-state index is 12.7. The molecular weight excluding hydrogens is 316 g/mol. The van der Waals surface area contributed by atoms with Crippen LogP contribution in [0, 0.1) is 12.8 Å². The van der Waals surface area contributed by atoms with Crippen molar-refractivity contribution in [3.8, 4) is 0 Å². The van der Waals surface area contributed by atoms with E-state index in [9.17, 15) is 9.59 Å². The Bertz CT molecular complexity index is 601. The lowest BCUT2D eigenvalue weighted by atomic mass is 9.90. The first kappa shape index (κ1) is 18.0. The predicted octanol–water partition coefficient (Wildman–Crippen LogP) is 2.73. The van der Waals surface area contributed by atoms with Gasteiger partial charge in [0.2, 0.25) is 0 Å². The largest absolute Gasteiger partial charge is 0.455 e. The number of aryl methyl sites for hydroxylation is 1. The molecule has 3 rings (SSSR count). The Kier molecular flexibility index (Phi) is 5.53. The Labute approximate surface area is 143 Å². The van der Waals surface area contributed by atoms with Crippen molar-refractivity contribution < 1.29 is 14.0 Å². The van der Waals surface area contributed by atoms with Gasteiger partial charge in [0.05, 0.1) is 5.56 Å². The number of carbonyl (C=O) groups excluding carboxylic acids is 2. The Hall–Kier alpha value is -1.33. The molecule has 1 amide bonds. The van der Waals surface area contributed by atoms with Crippen LogP contribution in [0.15, 0.2) is 4.42 Å². The van der Waals surface area contributed by atoms with Gasteiger partial charge in [-0.3, -0.25) is 9.59 Å². The number of rotatable bonds is 2. The van der Waals surface area contributed by atoms with Crippen molar-refractivity contribution >= 4 is 24.1 Å². The van der Waals surface area contributed by atoms with E-state index in [1.54, 1.807) is 0 Å². The van der Waals surface area contributed by atoms with Gasteiger partial charge in [-0.2, -0.15) is 0 Å². The maximum Gasteiger partial charge on any atom is 0.289 e. The minimum Gasteiger partial charge on any atom is -0.455 e. The molecule has 128 valence electrons. The van der Waals surface area contributed by atoms with E-state index in [0.717, 1.165) is 31.2 Å². The molecule has 1 aromatic rings. The Morgan fingerprint density at radius 1 is 1.30 bits per heavy atom. The van der Waals surface area contributed by atoms with Crippen molar-refractivity contribution in [2.75, 3.05) is 13.1 Å². The fourth-order valence-corrected chi connectivity index (χ4v) is 3.62. The topological polar surface area (TPSA) is 76.5 Å². The van der Waals surface area contributed by atoms with Crippen molar-refractivity contribution in [3.05, 3.63) is 22.6 Å². The predicted molar refractivity (Wildman–Crippen MR) is 90.2 cm³/mol. The smallest absolute Gasteiger partial charge is 0.289 e. The number of furan rings is 1. The van der Waals surface area contributed by atoms with Crippen LogP contribution in [-0.2, 0) is 6.42 Å². The van der Waals surface area contributed by atoms with Gasteiger partial charge >= 0.3 is 0 Å². The average molecular weight is 341 g/mol. The Balaban J connectivity index is 0.00000192. The highest BCUT2D eigenvalue weighted by Gasteiger charge is 2.32. The lowest BCUT2D eigenvalue weighted by Crippen LogP contribution is -2.42. The van der Waals surface area contributed by atoms with Crippen molar-refractivity contribution in [2.45, 2.75) is 52.0 Å². The summed E-state index contributed by atoms with van der Waals surface area (Å²) < 4.78 is 5.76. The summed E-state index contributed by atoms with van der Waals surface area (Å²) in [6.45, 7) is 5.28. The summed E-state index contributed by atoms with van der Waals surface area (Å²) in [6, 6.07) is 0.174. The van der Waals surface area contributed by atoms with Crippen LogP contribution in [0.5, 0.6) is 0 Å². The molecule has 1 aliphatic heterocycles. The number of halogens is 1. The normalized spacial score (nSPS) is 20.0. The third-order valence-electron chi connectivity index (χ3n) is 5.07. The van der Waals surface area contributed by atoms with E-state index in [1.165, 1.54) is 0 Å². The minimum absolute atomic E-state index is 0. The van der Waals surface area contributed by atoms with Crippen molar-refractivity contribution in [2.24, 2.45) is 11.7 Å². The molecular formula is C17H25ClN2O3. The lowest BCUT2D eigenvalue weighted by Gasteiger charge is -2.33. The first-order valence-electron chi connectivity index (χ1n) is 8.19. The number of carbonyl (C=O) groups is 2. The third kappa shape index (κ3) is 3.31. The number of hydrogen-bond acceptors (Lipinski definition) is 4. The molecule has 2 heterocycles. The van der Waals surface area contributed by atoms with Crippen LogP contribution in [-0.4, -0.2) is 35.7 Å². The molecule has 2 N–H and O–H groups in total. The van der Waals surface area contributed by atoms with Gasteiger partial charge in [0.25, 0.3) is 5.91 Å². The van der Waals surface area contributed by atoms with E-state index < -0.39 is 0 Å². The van der Waals surface area contributed by atoms with Gasteiger partial charge in [-0.15, -0.1) is 12.4 Å². The second kappa shape index (κ2) is 7.05. The van der Waals surface area contributed by atoms with Crippen molar-refractivity contribution in [1.29, 1.82) is 0 Å². The zero-order valence-corrected chi connectivity index (χ0v) is 14.6. The minimum atomic E-state index is -0.0807. The Morgan fingerprint density at radius 3 is 2.52 bits per heavy atom. The van der Waals surface area contributed by atoms with Gasteiger partial charge in [-0.1, -0.05) is 0 Å². The highest BCUT2D eigenvalue weighted by atomic mass is 35.5. The van der Waals surface area contributed by atoms with Gasteiger partial charge in [0, 0.05) is 37.5 Å². The van der Waals surface area contributed by atoms with E-state index in [2.05, 4.69) is 0 Å². The number of likely N-dealkylation sites (tertiary alicyclic amines) is 1. The van der Waals surface area contributed by atoms with E-state index in [0.29, 0.717) is 42.5 Å². The third-order valence-corrected chi connectivity index (χ3v) is 5.07. The van der Waals surface area contributed by atoms with Gasteiger partial charge in [0.15, 0.2) is 11.5 Å². The summed E-state index contributed by atoms with van der Waals surface area (Å²) in [6.07, 6.45) is 3.98. The second-order valence-corrected chi connectivity index (χ2v) is 6.62. The molecule has 1 unspecified atom stereocenters. The number of hydrogen-bond donors (Lipinski definition) is 1. The van der Waals surface area contributed by atoms with E-state index in [1.807, 2.05) is 18.7 Å². The molecule has 0 radical (unpaired) electrons. The molecule has 1 aromatic heterocycles. The molecule has 1 fully saturated rings. The zero-order chi connectivity index (χ0) is 15.9. The lowest BCUT2D eigenvalue weighted by molar-refractivity contribution is 0.0645. The standard InChI is InChI=1S/C17H24N2O3.ClH/c1-10-15-13(20)4-3-5-14(15)22-16(10)17(21)19-8-6-12(7-9-19)11(2)18;/h11-12H,3-9,18H2,1-2H3;1H. The molecule has 5 nitrogen and oxygen atoms in total. The quantitative estimate of drug-likeness (QED) is 0.898.